The van der Waals surface area contributed by atoms with E-state index < -0.39 is 0 Å². The average Bonchev–Trinajstić information content (AvgIpc) is 2.65. The van der Waals surface area contributed by atoms with Crippen molar-refractivity contribution < 1.29 is 9.84 Å². The minimum absolute atomic E-state index is 0.0236. The molecule has 16 heavy (non-hydrogen) atoms. The molecule has 0 aromatic heterocycles. The SMILES string of the molecule is Cc1cccc(CC(O)C2CCC(C)O2)c1. The molecule has 0 radical (unpaired) electrons. The van der Waals surface area contributed by atoms with Crippen LogP contribution in [-0.4, -0.2) is 23.4 Å². The largest absolute Gasteiger partial charge is 0.390 e. The number of aryl methyl sites for hydroxylation is 1. The van der Waals surface area contributed by atoms with E-state index in [1.807, 2.05) is 6.07 Å². The number of aliphatic hydroxyl groups excluding tert-OH is 1. The molecule has 1 fully saturated rings. The van der Waals surface area contributed by atoms with Crippen molar-refractivity contribution in [3.8, 4) is 0 Å². The quantitative estimate of drug-likeness (QED) is 0.848. The van der Waals surface area contributed by atoms with Crippen LogP contribution in [0.4, 0.5) is 0 Å². The van der Waals surface area contributed by atoms with Crippen LogP contribution in [-0.2, 0) is 11.2 Å². The normalized spacial score (nSPS) is 26.9. The molecule has 3 unspecified atom stereocenters. The molecule has 1 heterocycles. The van der Waals surface area contributed by atoms with Crippen LogP contribution in [0.3, 0.4) is 0 Å². The van der Waals surface area contributed by atoms with E-state index >= 15 is 0 Å². The molecule has 0 aliphatic carbocycles. The number of ether oxygens (including phenoxy) is 1. The fourth-order valence-electron chi connectivity index (χ4n) is 2.33. The van der Waals surface area contributed by atoms with E-state index in [1.54, 1.807) is 0 Å². The summed E-state index contributed by atoms with van der Waals surface area (Å²) in [5, 5.41) is 10.1. The van der Waals surface area contributed by atoms with Gasteiger partial charge in [-0.3, -0.25) is 0 Å². The van der Waals surface area contributed by atoms with E-state index in [1.165, 1.54) is 11.1 Å². The van der Waals surface area contributed by atoms with Gasteiger partial charge in [-0.15, -0.1) is 0 Å². The van der Waals surface area contributed by atoms with Crippen molar-refractivity contribution in [3.05, 3.63) is 35.4 Å². The molecule has 0 spiro atoms. The number of rotatable bonds is 3. The summed E-state index contributed by atoms with van der Waals surface area (Å²) in [5.74, 6) is 0. The van der Waals surface area contributed by atoms with Gasteiger partial charge in [0, 0.05) is 6.42 Å². The second kappa shape index (κ2) is 4.98. The summed E-state index contributed by atoms with van der Waals surface area (Å²) in [6, 6.07) is 8.30. The summed E-state index contributed by atoms with van der Waals surface area (Å²) in [4.78, 5) is 0. The lowest BCUT2D eigenvalue weighted by Crippen LogP contribution is -2.28. The predicted octanol–water partition coefficient (Wildman–Crippen LogP) is 2.47. The fraction of sp³-hybridized carbons (Fsp3) is 0.571. The van der Waals surface area contributed by atoms with Gasteiger partial charge in [-0.25, -0.2) is 0 Å². The van der Waals surface area contributed by atoms with Crippen LogP contribution < -0.4 is 0 Å². The third-order valence-corrected chi connectivity index (χ3v) is 3.22. The molecule has 1 aromatic rings. The summed E-state index contributed by atoms with van der Waals surface area (Å²) >= 11 is 0. The second-order valence-electron chi connectivity index (χ2n) is 4.82. The van der Waals surface area contributed by atoms with Crippen molar-refractivity contribution in [2.24, 2.45) is 0 Å². The molecule has 1 aliphatic heterocycles. The van der Waals surface area contributed by atoms with E-state index in [4.69, 9.17) is 4.74 Å². The molecule has 2 rings (SSSR count). The van der Waals surface area contributed by atoms with Gasteiger partial charge in [-0.2, -0.15) is 0 Å². The highest BCUT2D eigenvalue weighted by molar-refractivity contribution is 5.22. The lowest BCUT2D eigenvalue weighted by Gasteiger charge is -2.18. The Hall–Kier alpha value is -0.860. The van der Waals surface area contributed by atoms with Gasteiger partial charge in [0.05, 0.1) is 18.3 Å². The van der Waals surface area contributed by atoms with E-state index in [-0.39, 0.29) is 12.2 Å². The van der Waals surface area contributed by atoms with E-state index in [0.29, 0.717) is 12.5 Å². The molecular formula is C14H20O2. The second-order valence-corrected chi connectivity index (χ2v) is 4.82. The Balaban J connectivity index is 1.94. The van der Waals surface area contributed by atoms with Crippen LogP contribution in [0.15, 0.2) is 24.3 Å². The van der Waals surface area contributed by atoms with Gasteiger partial charge >= 0.3 is 0 Å². The topological polar surface area (TPSA) is 29.5 Å². The average molecular weight is 220 g/mol. The van der Waals surface area contributed by atoms with Crippen molar-refractivity contribution in [1.82, 2.24) is 0 Å². The molecule has 2 heteroatoms. The Kier molecular flexibility index (Phi) is 3.62. The Morgan fingerprint density at radius 1 is 1.44 bits per heavy atom. The van der Waals surface area contributed by atoms with Crippen LogP contribution >= 0.6 is 0 Å². The summed E-state index contributed by atoms with van der Waals surface area (Å²) in [7, 11) is 0. The number of aliphatic hydroxyl groups is 1. The zero-order chi connectivity index (χ0) is 11.5. The minimum Gasteiger partial charge on any atom is -0.390 e. The zero-order valence-electron chi connectivity index (χ0n) is 10.0. The molecule has 1 N–H and O–H groups in total. The summed E-state index contributed by atoms with van der Waals surface area (Å²) in [6.07, 6.45) is 2.70. The summed E-state index contributed by atoms with van der Waals surface area (Å²) in [5.41, 5.74) is 2.43. The molecule has 1 aromatic carbocycles. The monoisotopic (exact) mass is 220 g/mol. The van der Waals surface area contributed by atoms with E-state index in [2.05, 4.69) is 32.0 Å². The Bertz CT molecular complexity index is 348. The van der Waals surface area contributed by atoms with Crippen molar-refractivity contribution in [1.29, 1.82) is 0 Å². The highest BCUT2D eigenvalue weighted by Crippen LogP contribution is 2.23. The van der Waals surface area contributed by atoms with Gasteiger partial charge in [-0.1, -0.05) is 29.8 Å². The molecule has 0 saturated carbocycles. The first kappa shape index (κ1) is 11.6. The van der Waals surface area contributed by atoms with Crippen molar-refractivity contribution in [3.63, 3.8) is 0 Å². The molecule has 2 nitrogen and oxygen atoms in total. The number of hydrogen-bond donors (Lipinski definition) is 1. The van der Waals surface area contributed by atoms with Gasteiger partial charge in [-0.05, 0) is 32.3 Å². The minimum atomic E-state index is -0.369. The van der Waals surface area contributed by atoms with Crippen LogP contribution in [0.1, 0.15) is 30.9 Å². The van der Waals surface area contributed by atoms with Gasteiger partial charge in [0.25, 0.3) is 0 Å². The molecule has 3 atom stereocenters. The Labute approximate surface area is 97.3 Å². The van der Waals surface area contributed by atoms with Crippen LogP contribution in [0.2, 0.25) is 0 Å². The van der Waals surface area contributed by atoms with Gasteiger partial charge < -0.3 is 9.84 Å². The number of hydrogen-bond acceptors (Lipinski definition) is 2. The van der Waals surface area contributed by atoms with Crippen LogP contribution in [0.5, 0.6) is 0 Å². The van der Waals surface area contributed by atoms with Gasteiger partial charge in [0.15, 0.2) is 0 Å². The van der Waals surface area contributed by atoms with Crippen molar-refractivity contribution >= 4 is 0 Å². The Morgan fingerprint density at radius 3 is 2.88 bits per heavy atom. The molecule has 1 saturated heterocycles. The number of benzene rings is 1. The third-order valence-electron chi connectivity index (χ3n) is 3.22. The highest BCUT2D eigenvalue weighted by atomic mass is 16.5. The maximum atomic E-state index is 10.1. The van der Waals surface area contributed by atoms with Crippen molar-refractivity contribution in [2.75, 3.05) is 0 Å². The molecule has 1 aliphatic rings. The summed E-state index contributed by atoms with van der Waals surface area (Å²) < 4.78 is 5.68. The van der Waals surface area contributed by atoms with E-state index in [0.717, 1.165) is 12.8 Å². The van der Waals surface area contributed by atoms with Crippen LogP contribution in [0, 0.1) is 6.92 Å². The molecule has 0 amide bonds. The highest BCUT2D eigenvalue weighted by Gasteiger charge is 2.28. The first-order valence-electron chi connectivity index (χ1n) is 6.04. The Morgan fingerprint density at radius 2 is 2.25 bits per heavy atom. The third kappa shape index (κ3) is 2.83. The van der Waals surface area contributed by atoms with Gasteiger partial charge in [0.1, 0.15) is 0 Å². The van der Waals surface area contributed by atoms with Gasteiger partial charge in [0.2, 0.25) is 0 Å². The maximum absolute atomic E-state index is 10.1. The van der Waals surface area contributed by atoms with Crippen molar-refractivity contribution in [2.45, 2.75) is 51.4 Å². The first-order valence-corrected chi connectivity index (χ1v) is 6.04. The summed E-state index contributed by atoms with van der Waals surface area (Å²) in [6.45, 7) is 4.14. The lowest BCUT2D eigenvalue weighted by atomic mass is 10.0. The lowest BCUT2D eigenvalue weighted by molar-refractivity contribution is -0.0278. The predicted molar refractivity (Wildman–Crippen MR) is 64.5 cm³/mol. The van der Waals surface area contributed by atoms with E-state index in [9.17, 15) is 5.11 Å². The first-order chi connectivity index (χ1) is 7.65. The zero-order valence-corrected chi connectivity index (χ0v) is 10.0. The van der Waals surface area contributed by atoms with Crippen LogP contribution in [0.25, 0.3) is 0 Å². The maximum Gasteiger partial charge on any atom is 0.0842 e. The molecule has 88 valence electrons. The standard InChI is InChI=1S/C14H20O2/c1-10-4-3-5-12(8-10)9-13(15)14-7-6-11(2)16-14/h3-5,8,11,13-15H,6-7,9H2,1-2H3. The smallest absolute Gasteiger partial charge is 0.0842 e. The molecular weight excluding hydrogens is 200 g/mol. The fourth-order valence-corrected chi connectivity index (χ4v) is 2.33. The molecule has 0 bridgehead atoms.